The molecule has 0 fully saturated rings. The number of rotatable bonds is 7. The summed E-state index contributed by atoms with van der Waals surface area (Å²) in [6.07, 6.45) is 7.98. The molecule has 1 unspecified atom stereocenters. The minimum Gasteiger partial charge on any atom is -0.396 e. The number of para-hydroxylation sites is 1. The van der Waals surface area contributed by atoms with E-state index in [1.807, 2.05) is 37.7 Å². The maximum atomic E-state index is 12.0. The van der Waals surface area contributed by atoms with Crippen LogP contribution in [-0.4, -0.2) is 40.2 Å². The zero-order valence-corrected chi connectivity index (χ0v) is 13.8. The van der Waals surface area contributed by atoms with E-state index in [2.05, 4.69) is 22.0 Å². The summed E-state index contributed by atoms with van der Waals surface area (Å²) >= 11 is 1.66. The number of aliphatic hydroxyl groups excluding tert-OH is 1. The molecule has 0 aliphatic heterocycles. The van der Waals surface area contributed by atoms with Crippen molar-refractivity contribution in [1.82, 2.24) is 9.88 Å². The summed E-state index contributed by atoms with van der Waals surface area (Å²) in [4.78, 5) is 12.0. The summed E-state index contributed by atoms with van der Waals surface area (Å²) in [5, 5.41) is 13.1. The first-order valence-electron chi connectivity index (χ1n) is 7.28. The molecule has 0 radical (unpaired) electrons. The van der Waals surface area contributed by atoms with E-state index in [0.29, 0.717) is 6.42 Å². The van der Waals surface area contributed by atoms with Crippen LogP contribution in [0.3, 0.4) is 0 Å². The number of fused-ring (bicyclic) bond motifs is 1. The number of aryl methyl sites for hydroxylation is 1. The highest BCUT2D eigenvalue weighted by atomic mass is 32.2. The second-order valence-corrected chi connectivity index (χ2v) is 6.13. The Morgan fingerprint density at radius 3 is 2.95 bits per heavy atom. The molecule has 1 atom stereocenters. The Morgan fingerprint density at radius 2 is 2.23 bits per heavy atom. The normalized spacial score (nSPS) is 12.9. The van der Waals surface area contributed by atoms with Crippen molar-refractivity contribution >= 4 is 34.6 Å². The van der Waals surface area contributed by atoms with E-state index in [9.17, 15) is 4.79 Å². The van der Waals surface area contributed by atoms with Crippen LogP contribution in [0.5, 0.6) is 0 Å². The van der Waals surface area contributed by atoms with Crippen molar-refractivity contribution in [3.8, 4) is 0 Å². The molecular formula is C17H22N2O2S. The van der Waals surface area contributed by atoms with Crippen molar-refractivity contribution in [2.24, 2.45) is 7.05 Å². The first-order valence-corrected chi connectivity index (χ1v) is 8.67. The number of aliphatic hydroxyl groups is 1. The molecule has 0 saturated heterocycles. The third-order valence-electron chi connectivity index (χ3n) is 3.53. The molecule has 0 bridgehead atoms. The predicted octanol–water partition coefficient (Wildman–Crippen LogP) is 2.42. The standard InChI is InChI=1S/C17H22N2O2S/c1-19-11-13(15-5-3-4-6-16(15)19)7-8-17(21)18-14(9-10-20)12-22-2/h3-8,11,14,20H,9-10,12H2,1-2H3,(H,18,21)/b8-7+. The number of carbonyl (C=O) groups excluding carboxylic acids is 1. The van der Waals surface area contributed by atoms with E-state index in [1.54, 1.807) is 17.8 Å². The van der Waals surface area contributed by atoms with Crippen molar-refractivity contribution in [2.75, 3.05) is 18.6 Å². The van der Waals surface area contributed by atoms with Crippen LogP contribution in [0.2, 0.25) is 0 Å². The SMILES string of the molecule is CSCC(CCO)NC(=O)/C=C/c1cn(C)c2ccccc12. The van der Waals surface area contributed by atoms with Crippen molar-refractivity contribution in [1.29, 1.82) is 0 Å². The van der Waals surface area contributed by atoms with Gasteiger partial charge in [-0.05, 0) is 24.8 Å². The lowest BCUT2D eigenvalue weighted by atomic mass is 10.1. The molecule has 2 rings (SSSR count). The number of aromatic nitrogens is 1. The van der Waals surface area contributed by atoms with Crippen LogP contribution in [0.15, 0.2) is 36.5 Å². The molecule has 4 nitrogen and oxygen atoms in total. The molecule has 118 valence electrons. The largest absolute Gasteiger partial charge is 0.396 e. The van der Waals surface area contributed by atoms with Gasteiger partial charge in [0.05, 0.1) is 0 Å². The fourth-order valence-electron chi connectivity index (χ4n) is 2.47. The molecule has 5 heteroatoms. The lowest BCUT2D eigenvalue weighted by molar-refractivity contribution is -0.117. The molecule has 22 heavy (non-hydrogen) atoms. The van der Waals surface area contributed by atoms with Crippen molar-refractivity contribution < 1.29 is 9.90 Å². The third-order valence-corrected chi connectivity index (χ3v) is 4.27. The van der Waals surface area contributed by atoms with Gasteiger partial charge in [-0.1, -0.05) is 18.2 Å². The molecule has 0 aliphatic rings. The van der Waals surface area contributed by atoms with E-state index in [4.69, 9.17) is 5.11 Å². The van der Waals surface area contributed by atoms with Crippen LogP contribution in [0.1, 0.15) is 12.0 Å². The van der Waals surface area contributed by atoms with Crippen molar-refractivity contribution in [3.05, 3.63) is 42.1 Å². The second kappa shape index (κ2) is 8.06. The number of hydrogen-bond donors (Lipinski definition) is 2. The van der Waals surface area contributed by atoms with Gasteiger partial charge in [-0.3, -0.25) is 4.79 Å². The first kappa shape index (κ1) is 16.6. The van der Waals surface area contributed by atoms with Gasteiger partial charge in [0.2, 0.25) is 5.91 Å². The zero-order chi connectivity index (χ0) is 15.9. The summed E-state index contributed by atoms with van der Waals surface area (Å²) in [7, 11) is 2.00. The first-order chi connectivity index (χ1) is 10.7. The number of carbonyl (C=O) groups is 1. The van der Waals surface area contributed by atoms with E-state index >= 15 is 0 Å². The Balaban J connectivity index is 2.08. The highest BCUT2D eigenvalue weighted by molar-refractivity contribution is 7.98. The molecule has 1 aromatic heterocycles. The van der Waals surface area contributed by atoms with Gasteiger partial charge in [0.1, 0.15) is 0 Å². The number of nitrogens with zero attached hydrogens (tertiary/aromatic N) is 1. The Hall–Kier alpha value is -1.72. The Kier molecular flexibility index (Phi) is 6.10. The third kappa shape index (κ3) is 4.15. The number of thioether (sulfide) groups is 1. The monoisotopic (exact) mass is 318 g/mol. The van der Waals surface area contributed by atoms with Crippen LogP contribution in [0.4, 0.5) is 0 Å². The van der Waals surface area contributed by atoms with Crippen molar-refractivity contribution in [2.45, 2.75) is 12.5 Å². The maximum Gasteiger partial charge on any atom is 0.244 e. The average molecular weight is 318 g/mol. The fraction of sp³-hybridized carbons (Fsp3) is 0.353. The molecule has 0 aliphatic carbocycles. The molecule has 1 amide bonds. The van der Waals surface area contributed by atoms with Gasteiger partial charge in [0.25, 0.3) is 0 Å². The number of amides is 1. The van der Waals surface area contributed by atoms with Crippen LogP contribution < -0.4 is 5.32 Å². The van der Waals surface area contributed by atoms with Crippen molar-refractivity contribution in [3.63, 3.8) is 0 Å². The quantitative estimate of drug-likeness (QED) is 0.771. The van der Waals surface area contributed by atoms with Gasteiger partial charge >= 0.3 is 0 Å². The van der Waals surface area contributed by atoms with Crippen LogP contribution in [-0.2, 0) is 11.8 Å². The molecule has 1 aromatic carbocycles. The Labute approximate surface area is 135 Å². The van der Waals surface area contributed by atoms with Crippen LogP contribution >= 0.6 is 11.8 Å². The number of benzene rings is 1. The molecule has 2 aromatic rings. The highest BCUT2D eigenvalue weighted by Gasteiger charge is 2.09. The summed E-state index contributed by atoms with van der Waals surface area (Å²) in [6, 6.07) is 8.11. The van der Waals surface area contributed by atoms with Gasteiger partial charge in [-0.2, -0.15) is 11.8 Å². The fourth-order valence-corrected chi connectivity index (χ4v) is 3.13. The Morgan fingerprint density at radius 1 is 1.45 bits per heavy atom. The van der Waals surface area contributed by atoms with Crippen LogP contribution in [0.25, 0.3) is 17.0 Å². The van der Waals surface area contributed by atoms with Gasteiger partial charge in [0, 0.05) is 54.2 Å². The van der Waals surface area contributed by atoms with Gasteiger partial charge < -0.3 is 15.0 Å². The Bertz CT molecular complexity index is 658. The minimum absolute atomic E-state index is 0.00432. The molecule has 0 saturated carbocycles. The maximum absolute atomic E-state index is 12.0. The number of nitrogens with one attached hydrogen (secondary N) is 1. The molecule has 1 heterocycles. The van der Waals surface area contributed by atoms with Gasteiger partial charge in [-0.15, -0.1) is 0 Å². The predicted molar refractivity (Wildman–Crippen MR) is 94.0 cm³/mol. The topological polar surface area (TPSA) is 54.3 Å². The smallest absolute Gasteiger partial charge is 0.244 e. The summed E-state index contributed by atoms with van der Waals surface area (Å²) in [6.45, 7) is 0.0819. The van der Waals surface area contributed by atoms with Gasteiger partial charge in [0.15, 0.2) is 0 Å². The highest BCUT2D eigenvalue weighted by Crippen LogP contribution is 2.21. The summed E-state index contributed by atoms with van der Waals surface area (Å²) in [5.41, 5.74) is 2.17. The van der Waals surface area contributed by atoms with E-state index in [1.165, 1.54) is 0 Å². The molecule has 0 spiro atoms. The van der Waals surface area contributed by atoms with E-state index in [0.717, 1.165) is 22.2 Å². The van der Waals surface area contributed by atoms with Crippen LogP contribution in [0, 0.1) is 0 Å². The summed E-state index contributed by atoms with van der Waals surface area (Å²) in [5.74, 6) is 0.675. The summed E-state index contributed by atoms with van der Waals surface area (Å²) < 4.78 is 2.05. The number of hydrogen-bond acceptors (Lipinski definition) is 3. The van der Waals surface area contributed by atoms with Gasteiger partial charge in [-0.25, -0.2) is 0 Å². The molecule has 2 N–H and O–H groups in total. The minimum atomic E-state index is -0.125. The van der Waals surface area contributed by atoms with E-state index < -0.39 is 0 Å². The average Bonchev–Trinajstić information content (AvgIpc) is 2.83. The second-order valence-electron chi connectivity index (χ2n) is 5.22. The zero-order valence-electron chi connectivity index (χ0n) is 13.0. The lowest BCUT2D eigenvalue weighted by Gasteiger charge is -2.15. The lowest BCUT2D eigenvalue weighted by Crippen LogP contribution is -2.36. The molecular weight excluding hydrogens is 296 g/mol. The van der Waals surface area contributed by atoms with E-state index in [-0.39, 0.29) is 18.6 Å².